The molecule has 0 aliphatic heterocycles. The first-order chi connectivity index (χ1) is 11.2. The first kappa shape index (κ1) is 16.1. The first-order valence-corrected chi connectivity index (χ1v) is 8.54. The molecule has 2 aliphatic rings. The third-order valence-electron chi connectivity index (χ3n) is 4.76. The molecule has 2 saturated carbocycles. The number of hydrogen-bond acceptors (Lipinski definition) is 3. The SMILES string of the molecule is COc1cccc(CN(C(=O)NC2CC2)C2CCC(O)CC2)c1. The van der Waals surface area contributed by atoms with Gasteiger partial charge >= 0.3 is 6.03 Å². The number of nitrogens with zero attached hydrogens (tertiary/aromatic N) is 1. The highest BCUT2D eigenvalue weighted by Crippen LogP contribution is 2.27. The summed E-state index contributed by atoms with van der Waals surface area (Å²) in [7, 11) is 1.65. The predicted octanol–water partition coefficient (Wildman–Crippen LogP) is 2.67. The van der Waals surface area contributed by atoms with Crippen molar-refractivity contribution in [2.75, 3.05) is 7.11 Å². The maximum atomic E-state index is 12.7. The van der Waals surface area contributed by atoms with Gasteiger partial charge in [0.1, 0.15) is 5.75 Å². The van der Waals surface area contributed by atoms with Gasteiger partial charge in [-0.2, -0.15) is 0 Å². The number of amides is 2. The Morgan fingerprint density at radius 3 is 2.65 bits per heavy atom. The number of benzene rings is 1. The van der Waals surface area contributed by atoms with E-state index in [0.717, 1.165) is 49.8 Å². The number of ether oxygens (including phenoxy) is 1. The van der Waals surface area contributed by atoms with Gasteiger partial charge in [-0.25, -0.2) is 4.79 Å². The fraction of sp³-hybridized carbons (Fsp3) is 0.611. The number of aliphatic hydroxyl groups is 1. The topological polar surface area (TPSA) is 61.8 Å². The lowest BCUT2D eigenvalue weighted by Crippen LogP contribution is -2.48. The molecular formula is C18H26N2O3. The largest absolute Gasteiger partial charge is 0.497 e. The second-order valence-corrected chi connectivity index (χ2v) is 6.67. The molecule has 0 atom stereocenters. The van der Waals surface area contributed by atoms with E-state index in [2.05, 4.69) is 5.32 Å². The van der Waals surface area contributed by atoms with Crippen LogP contribution in [0.4, 0.5) is 4.79 Å². The Labute approximate surface area is 137 Å². The van der Waals surface area contributed by atoms with Gasteiger partial charge in [-0.05, 0) is 56.2 Å². The second kappa shape index (κ2) is 7.21. The summed E-state index contributed by atoms with van der Waals surface area (Å²) in [6.45, 7) is 0.580. The van der Waals surface area contributed by atoms with Crippen LogP contribution in [0.15, 0.2) is 24.3 Å². The van der Waals surface area contributed by atoms with Crippen LogP contribution in [-0.4, -0.2) is 41.3 Å². The van der Waals surface area contributed by atoms with Crippen LogP contribution in [-0.2, 0) is 6.54 Å². The first-order valence-electron chi connectivity index (χ1n) is 8.54. The van der Waals surface area contributed by atoms with Gasteiger partial charge in [-0.15, -0.1) is 0 Å². The zero-order valence-electron chi connectivity index (χ0n) is 13.7. The number of carbonyl (C=O) groups is 1. The molecule has 0 bridgehead atoms. The molecule has 2 fully saturated rings. The van der Waals surface area contributed by atoms with Crippen molar-refractivity contribution in [3.05, 3.63) is 29.8 Å². The van der Waals surface area contributed by atoms with Gasteiger partial charge in [-0.3, -0.25) is 0 Å². The van der Waals surface area contributed by atoms with E-state index in [1.807, 2.05) is 29.2 Å². The quantitative estimate of drug-likeness (QED) is 0.877. The Morgan fingerprint density at radius 2 is 2.00 bits per heavy atom. The number of hydrogen-bond donors (Lipinski definition) is 2. The highest BCUT2D eigenvalue weighted by Gasteiger charge is 2.31. The van der Waals surface area contributed by atoms with Crippen molar-refractivity contribution in [2.24, 2.45) is 0 Å². The van der Waals surface area contributed by atoms with Crippen LogP contribution >= 0.6 is 0 Å². The lowest BCUT2D eigenvalue weighted by molar-refractivity contribution is 0.0817. The maximum Gasteiger partial charge on any atom is 0.318 e. The van der Waals surface area contributed by atoms with E-state index in [1.54, 1.807) is 7.11 Å². The van der Waals surface area contributed by atoms with Crippen molar-refractivity contribution in [1.82, 2.24) is 10.2 Å². The Morgan fingerprint density at radius 1 is 1.26 bits per heavy atom. The van der Waals surface area contributed by atoms with Gasteiger partial charge in [-0.1, -0.05) is 12.1 Å². The minimum absolute atomic E-state index is 0.0247. The highest BCUT2D eigenvalue weighted by atomic mass is 16.5. The smallest absolute Gasteiger partial charge is 0.318 e. The van der Waals surface area contributed by atoms with Crippen LogP contribution in [0, 0.1) is 0 Å². The molecule has 126 valence electrons. The summed E-state index contributed by atoms with van der Waals surface area (Å²) in [6.07, 6.45) is 5.24. The van der Waals surface area contributed by atoms with E-state index < -0.39 is 0 Å². The van der Waals surface area contributed by atoms with Crippen molar-refractivity contribution in [2.45, 2.75) is 63.3 Å². The van der Waals surface area contributed by atoms with E-state index in [4.69, 9.17) is 4.74 Å². The van der Waals surface area contributed by atoms with Gasteiger partial charge in [0.15, 0.2) is 0 Å². The fourth-order valence-electron chi connectivity index (χ4n) is 3.19. The average Bonchev–Trinajstić information content (AvgIpc) is 3.37. The zero-order chi connectivity index (χ0) is 16.2. The van der Waals surface area contributed by atoms with E-state index in [9.17, 15) is 9.90 Å². The predicted molar refractivity (Wildman–Crippen MR) is 88.4 cm³/mol. The molecule has 2 aliphatic carbocycles. The number of urea groups is 1. The van der Waals surface area contributed by atoms with Crippen LogP contribution in [0.1, 0.15) is 44.1 Å². The van der Waals surface area contributed by atoms with E-state index in [1.165, 1.54) is 0 Å². The molecule has 0 unspecified atom stereocenters. The van der Waals surface area contributed by atoms with Crippen LogP contribution in [0.2, 0.25) is 0 Å². The molecule has 5 nitrogen and oxygen atoms in total. The maximum absolute atomic E-state index is 12.7. The third kappa shape index (κ3) is 4.38. The fourth-order valence-corrected chi connectivity index (χ4v) is 3.19. The van der Waals surface area contributed by atoms with Crippen molar-refractivity contribution >= 4 is 6.03 Å². The Bertz CT molecular complexity index is 537. The number of nitrogens with one attached hydrogen (secondary N) is 1. The highest BCUT2D eigenvalue weighted by molar-refractivity contribution is 5.75. The molecule has 0 saturated heterocycles. The van der Waals surface area contributed by atoms with Gasteiger partial charge < -0.3 is 20.1 Å². The Balaban J connectivity index is 1.71. The molecule has 0 spiro atoms. The normalized spacial score (nSPS) is 24.1. The van der Waals surface area contributed by atoms with Crippen LogP contribution < -0.4 is 10.1 Å². The van der Waals surface area contributed by atoms with Crippen LogP contribution in [0.25, 0.3) is 0 Å². The second-order valence-electron chi connectivity index (χ2n) is 6.67. The Hall–Kier alpha value is -1.75. The summed E-state index contributed by atoms with van der Waals surface area (Å²) in [5, 5.41) is 12.8. The average molecular weight is 318 g/mol. The number of carbonyl (C=O) groups excluding carboxylic acids is 1. The molecule has 3 rings (SSSR count). The molecule has 5 heteroatoms. The third-order valence-corrected chi connectivity index (χ3v) is 4.76. The summed E-state index contributed by atoms with van der Waals surface area (Å²) in [4.78, 5) is 14.6. The van der Waals surface area contributed by atoms with Crippen LogP contribution in [0.3, 0.4) is 0 Å². The molecule has 1 aromatic rings. The molecule has 0 aromatic heterocycles. The zero-order valence-corrected chi connectivity index (χ0v) is 13.7. The van der Waals surface area contributed by atoms with E-state index in [0.29, 0.717) is 12.6 Å². The van der Waals surface area contributed by atoms with E-state index in [-0.39, 0.29) is 18.2 Å². The molecular weight excluding hydrogens is 292 g/mol. The standard InChI is InChI=1S/C18H26N2O3/c1-23-17-4-2-3-13(11-17)12-20(18(22)19-14-5-6-14)15-7-9-16(21)10-8-15/h2-4,11,14-16,21H,5-10,12H2,1H3,(H,19,22). The summed E-state index contributed by atoms with van der Waals surface area (Å²) in [5.41, 5.74) is 1.07. The molecule has 23 heavy (non-hydrogen) atoms. The molecule has 2 amide bonds. The number of rotatable bonds is 5. The summed E-state index contributed by atoms with van der Waals surface area (Å²) >= 11 is 0. The monoisotopic (exact) mass is 318 g/mol. The van der Waals surface area contributed by atoms with Crippen molar-refractivity contribution in [3.8, 4) is 5.75 Å². The molecule has 0 radical (unpaired) electrons. The lowest BCUT2D eigenvalue weighted by Gasteiger charge is -2.36. The van der Waals surface area contributed by atoms with Gasteiger partial charge in [0.2, 0.25) is 0 Å². The van der Waals surface area contributed by atoms with E-state index >= 15 is 0 Å². The minimum Gasteiger partial charge on any atom is -0.497 e. The van der Waals surface area contributed by atoms with Gasteiger partial charge in [0, 0.05) is 18.6 Å². The summed E-state index contributed by atoms with van der Waals surface area (Å²) < 4.78 is 5.28. The lowest BCUT2D eigenvalue weighted by atomic mass is 9.92. The molecule has 1 aromatic carbocycles. The van der Waals surface area contributed by atoms with Gasteiger partial charge in [0.25, 0.3) is 0 Å². The Kier molecular flexibility index (Phi) is 5.06. The molecule has 2 N–H and O–H groups in total. The molecule has 0 heterocycles. The van der Waals surface area contributed by atoms with Crippen molar-refractivity contribution < 1.29 is 14.6 Å². The van der Waals surface area contributed by atoms with Crippen molar-refractivity contribution in [1.29, 1.82) is 0 Å². The summed E-state index contributed by atoms with van der Waals surface area (Å²) in [5.74, 6) is 0.809. The number of methoxy groups -OCH3 is 1. The summed E-state index contributed by atoms with van der Waals surface area (Å²) in [6, 6.07) is 8.45. The van der Waals surface area contributed by atoms with Crippen molar-refractivity contribution in [3.63, 3.8) is 0 Å². The minimum atomic E-state index is -0.212. The van der Waals surface area contributed by atoms with Gasteiger partial charge in [0.05, 0.1) is 13.2 Å². The van der Waals surface area contributed by atoms with Crippen LogP contribution in [0.5, 0.6) is 5.75 Å². The number of aliphatic hydroxyl groups excluding tert-OH is 1.